The molecule has 1 saturated heterocycles. The second-order valence-corrected chi connectivity index (χ2v) is 7.09. The van der Waals surface area contributed by atoms with Gasteiger partial charge in [0.1, 0.15) is 0 Å². The van der Waals surface area contributed by atoms with Crippen LogP contribution in [-0.4, -0.2) is 52.6 Å². The summed E-state index contributed by atoms with van der Waals surface area (Å²) in [5, 5.41) is 9.85. The number of piperidine rings is 1. The number of likely N-dealkylation sites (tertiary alicyclic amines) is 1. The first-order valence-corrected chi connectivity index (χ1v) is 8.84. The maximum atomic E-state index is 12.9. The van der Waals surface area contributed by atoms with Gasteiger partial charge in [-0.3, -0.25) is 9.69 Å². The van der Waals surface area contributed by atoms with Crippen molar-refractivity contribution in [2.45, 2.75) is 51.8 Å². The summed E-state index contributed by atoms with van der Waals surface area (Å²) in [6, 6.07) is 8.32. The Morgan fingerprint density at radius 2 is 1.96 bits per heavy atom. The Labute approximate surface area is 139 Å². The van der Waals surface area contributed by atoms with Crippen LogP contribution >= 0.6 is 0 Å². The molecule has 1 N–H and O–H groups in total. The first-order valence-electron chi connectivity index (χ1n) is 8.84. The first-order chi connectivity index (χ1) is 11.1. The Balaban J connectivity index is 1.64. The highest BCUT2D eigenvalue weighted by Gasteiger charge is 2.32. The van der Waals surface area contributed by atoms with E-state index in [4.69, 9.17) is 0 Å². The number of carbonyl (C=O) groups is 1. The number of amides is 1. The second-order valence-electron chi connectivity index (χ2n) is 7.09. The van der Waals surface area contributed by atoms with E-state index in [0.717, 1.165) is 45.4 Å². The summed E-state index contributed by atoms with van der Waals surface area (Å²) in [7, 11) is 0. The fourth-order valence-electron chi connectivity index (χ4n) is 3.89. The van der Waals surface area contributed by atoms with E-state index in [1.54, 1.807) is 0 Å². The topological polar surface area (TPSA) is 43.8 Å². The molecule has 2 aliphatic heterocycles. The minimum atomic E-state index is -0.290. The summed E-state index contributed by atoms with van der Waals surface area (Å²) in [5.74, 6) is 0.520. The van der Waals surface area contributed by atoms with Crippen molar-refractivity contribution < 1.29 is 9.90 Å². The molecular formula is C19H28N2O2. The van der Waals surface area contributed by atoms with Crippen LogP contribution in [-0.2, 0) is 17.8 Å². The van der Waals surface area contributed by atoms with E-state index >= 15 is 0 Å². The predicted octanol–water partition coefficient (Wildman–Crippen LogP) is 2.05. The maximum absolute atomic E-state index is 12.9. The molecule has 1 aromatic rings. The third-order valence-corrected chi connectivity index (χ3v) is 5.52. The van der Waals surface area contributed by atoms with Gasteiger partial charge in [-0.15, -0.1) is 0 Å². The summed E-state index contributed by atoms with van der Waals surface area (Å²) in [5.41, 5.74) is 2.65. The molecule has 1 aromatic carbocycles. The van der Waals surface area contributed by atoms with Crippen LogP contribution in [0.15, 0.2) is 24.3 Å². The van der Waals surface area contributed by atoms with E-state index < -0.39 is 0 Å². The molecule has 0 radical (unpaired) electrons. The molecule has 2 aliphatic rings. The SMILES string of the molecule is CC(O)C1CCCN(C(C)C(=O)N2CCc3ccccc3C2)C1. The van der Waals surface area contributed by atoms with E-state index in [1.165, 1.54) is 11.1 Å². The highest BCUT2D eigenvalue weighted by Crippen LogP contribution is 2.24. The Morgan fingerprint density at radius 3 is 2.70 bits per heavy atom. The van der Waals surface area contributed by atoms with Gasteiger partial charge < -0.3 is 10.0 Å². The van der Waals surface area contributed by atoms with E-state index in [2.05, 4.69) is 23.1 Å². The molecule has 0 aromatic heterocycles. The average Bonchev–Trinajstić information content (AvgIpc) is 2.60. The number of carbonyl (C=O) groups excluding carboxylic acids is 1. The standard InChI is InChI=1S/C19H28N2O2/c1-14(20-10-5-8-17(12-20)15(2)22)19(23)21-11-9-16-6-3-4-7-18(16)13-21/h3-4,6-7,14-15,17,22H,5,8-13H2,1-2H3. The third kappa shape index (κ3) is 3.59. The zero-order valence-electron chi connectivity index (χ0n) is 14.2. The van der Waals surface area contributed by atoms with Gasteiger partial charge in [-0.1, -0.05) is 24.3 Å². The Morgan fingerprint density at radius 1 is 1.22 bits per heavy atom. The van der Waals surface area contributed by atoms with Crippen LogP contribution in [0, 0.1) is 5.92 Å². The summed E-state index contributed by atoms with van der Waals surface area (Å²) in [6.07, 6.45) is 2.79. The fraction of sp³-hybridized carbons (Fsp3) is 0.632. The molecule has 1 fully saturated rings. The largest absolute Gasteiger partial charge is 0.393 e. The van der Waals surface area contributed by atoms with Gasteiger partial charge in [0.25, 0.3) is 0 Å². The summed E-state index contributed by atoms with van der Waals surface area (Å²) >= 11 is 0. The molecule has 0 aliphatic carbocycles. The highest BCUT2D eigenvalue weighted by molar-refractivity contribution is 5.81. The van der Waals surface area contributed by atoms with Crippen molar-refractivity contribution in [3.05, 3.63) is 35.4 Å². The van der Waals surface area contributed by atoms with Gasteiger partial charge in [-0.25, -0.2) is 0 Å². The number of hydrogen-bond acceptors (Lipinski definition) is 3. The molecule has 1 amide bonds. The fourth-order valence-corrected chi connectivity index (χ4v) is 3.89. The van der Waals surface area contributed by atoms with Crippen molar-refractivity contribution in [3.8, 4) is 0 Å². The molecular weight excluding hydrogens is 288 g/mol. The van der Waals surface area contributed by atoms with Gasteiger partial charge in [0.2, 0.25) is 5.91 Å². The molecule has 0 saturated carbocycles. The van der Waals surface area contributed by atoms with Crippen molar-refractivity contribution >= 4 is 5.91 Å². The van der Waals surface area contributed by atoms with Crippen LogP contribution in [0.1, 0.15) is 37.8 Å². The van der Waals surface area contributed by atoms with Crippen molar-refractivity contribution in [2.24, 2.45) is 5.92 Å². The molecule has 126 valence electrons. The van der Waals surface area contributed by atoms with Crippen molar-refractivity contribution in [3.63, 3.8) is 0 Å². The second kappa shape index (κ2) is 7.02. The van der Waals surface area contributed by atoms with Gasteiger partial charge in [0.05, 0.1) is 12.1 Å². The van der Waals surface area contributed by atoms with E-state index in [0.29, 0.717) is 5.92 Å². The van der Waals surface area contributed by atoms with Gasteiger partial charge in [0.15, 0.2) is 0 Å². The minimum Gasteiger partial charge on any atom is -0.393 e. The molecule has 4 heteroatoms. The summed E-state index contributed by atoms with van der Waals surface area (Å²) in [4.78, 5) is 17.2. The molecule has 0 bridgehead atoms. The zero-order chi connectivity index (χ0) is 16.4. The van der Waals surface area contributed by atoms with Crippen LogP contribution in [0.2, 0.25) is 0 Å². The Kier molecular flexibility index (Phi) is 5.02. The van der Waals surface area contributed by atoms with Crippen molar-refractivity contribution in [2.75, 3.05) is 19.6 Å². The molecule has 23 heavy (non-hydrogen) atoms. The lowest BCUT2D eigenvalue weighted by Crippen LogP contribution is -2.52. The normalized spacial score (nSPS) is 24.8. The number of aliphatic hydroxyl groups excluding tert-OH is 1. The average molecular weight is 316 g/mol. The lowest BCUT2D eigenvalue weighted by atomic mass is 9.92. The highest BCUT2D eigenvalue weighted by atomic mass is 16.3. The van der Waals surface area contributed by atoms with Crippen molar-refractivity contribution in [1.29, 1.82) is 0 Å². The molecule has 3 atom stereocenters. The molecule has 3 unspecified atom stereocenters. The van der Waals surface area contributed by atoms with Crippen LogP contribution in [0.25, 0.3) is 0 Å². The third-order valence-electron chi connectivity index (χ3n) is 5.52. The van der Waals surface area contributed by atoms with Gasteiger partial charge in [-0.2, -0.15) is 0 Å². The predicted molar refractivity (Wildman–Crippen MR) is 91.0 cm³/mol. The first kappa shape index (κ1) is 16.5. The minimum absolute atomic E-state index is 0.0955. The number of hydrogen-bond donors (Lipinski definition) is 1. The number of benzene rings is 1. The van der Waals surface area contributed by atoms with E-state index in [9.17, 15) is 9.90 Å². The molecule has 3 rings (SSSR count). The molecule has 4 nitrogen and oxygen atoms in total. The molecule has 0 spiro atoms. The summed E-state index contributed by atoms with van der Waals surface area (Å²) in [6.45, 7) is 7.21. The lowest BCUT2D eigenvalue weighted by Gasteiger charge is -2.39. The molecule has 2 heterocycles. The monoisotopic (exact) mass is 316 g/mol. The Bertz CT molecular complexity index is 558. The smallest absolute Gasteiger partial charge is 0.239 e. The number of aliphatic hydroxyl groups is 1. The quantitative estimate of drug-likeness (QED) is 0.928. The lowest BCUT2D eigenvalue weighted by molar-refractivity contribution is -0.138. The van der Waals surface area contributed by atoms with Crippen LogP contribution < -0.4 is 0 Å². The number of nitrogens with zero attached hydrogens (tertiary/aromatic N) is 2. The van der Waals surface area contributed by atoms with E-state index in [1.807, 2.05) is 24.8 Å². The van der Waals surface area contributed by atoms with Crippen LogP contribution in [0.3, 0.4) is 0 Å². The van der Waals surface area contributed by atoms with Crippen molar-refractivity contribution in [1.82, 2.24) is 9.80 Å². The summed E-state index contributed by atoms with van der Waals surface area (Å²) < 4.78 is 0. The number of fused-ring (bicyclic) bond motifs is 1. The van der Waals surface area contributed by atoms with Crippen LogP contribution in [0.4, 0.5) is 0 Å². The maximum Gasteiger partial charge on any atom is 0.239 e. The Hall–Kier alpha value is -1.39. The number of rotatable bonds is 3. The van der Waals surface area contributed by atoms with Gasteiger partial charge >= 0.3 is 0 Å². The van der Waals surface area contributed by atoms with Gasteiger partial charge in [-0.05, 0) is 56.7 Å². The van der Waals surface area contributed by atoms with Gasteiger partial charge in [0, 0.05) is 19.6 Å². The van der Waals surface area contributed by atoms with Crippen LogP contribution in [0.5, 0.6) is 0 Å². The van der Waals surface area contributed by atoms with E-state index in [-0.39, 0.29) is 18.1 Å². The zero-order valence-corrected chi connectivity index (χ0v) is 14.2.